The number of hydrogen-bond donors (Lipinski definition) is 2. The molecule has 0 atom stereocenters. The van der Waals surface area contributed by atoms with Crippen molar-refractivity contribution in [2.75, 3.05) is 0 Å². The first-order chi connectivity index (χ1) is 11.8. The molecule has 1 aromatic carbocycles. The summed E-state index contributed by atoms with van der Waals surface area (Å²) in [5.41, 5.74) is 0.00563. The largest absolute Gasteiger partial charge is 0.457 e. The van der Waals surface area contributed by atoms with Crippen molar-refractivity contribution in [3.63, 3.8) is 0 Å². The predicted octanol–water partition coefficient (Wildman–Crippen LogP) is 2.42. The van der Waals surface area contributed by atoms with Crippen molar-refractivity contribution >= 4 is 52.5 Å². The molecule has 0 spiro atoms. The van der Waals surface area contributed by atoms with E-state index in [-0.39, 0.29) is 27.2 Å². The highest BCUT2D eigenvalue weighted by Crippen LogP contribution is 2.31. The third kappa shape index (κ3) is 3.42. The first kappa shape index (κ1) is 16.8. The first-order valence-corrected chi connectivity index (χ1v) is 7.56. The number of furan rings is 1. The van der Waals surface area contributed by atoms with Gasteiger partial charge in [0.1, 0.15) is 22.1 Å². The fourth-order valence-electron chi connectivity index (χ4n) is 2.14. The van der Waals surface area contributed by atoms with Gasteiger partial charge in [0, 0.05) is 11.6 Å². The number of hydrogen-bond acceptors (Lipinski definition) is 6. The van der Waals surface area contributed by atoms with Crippen LogP contribution >= 0.6 is 23.8 Å². The van der Waals surface area contributed by atoms with Gasteiger partial charge in [-0.25, -0.2) is 0 Å². The van der Waals surface area contributed by atoms with Crippen LogP contribution in [0.4, 0.5) is 5.69 Å². The van der Waals surface area contributed by atoms with E-state index in [2.05, 4.69) is 10.6 Å². The highest BCUT2D eigenvalue weighted by atomic mass is 35.5. The Bertz CT molecular complexity index is 944. The van der Waals surface area contributed by atoms with Crippen LogP contribution in [0.2, 0.25) is 5.02 Å². The number of nitro benzene ring substituents is 1. The Morgan fingerprint density at radius 2 is 1.84 bits per heavy atom. The predicted molar refractivity (Wildman–Crippen MR) is 92.7 cm³/mol. The molecule has 0 bridgehead atoms. The molecule has 2 amide bonds. The van der Waals surface area contributed by atoms with Crippen LogP contribution in [-0.2, 0) is 9.59 Å². The van der Waals surface area contributed by atoms with Gasteiger partial charge >= 0.3 is 0 Å². The average Bonchev–Trinajstić information content (AvgIpc) is 2.99. The summed E-state index contributed by atoms with van der Waals surface area (Å²) < 4.78 is 5.54. The number of nitro groups is 1. The zero-order valence-corrected chi connectivity index (χ0v) is 13.8. The SMILES string of the molecule is O=C1NC(=S)NC(=O)C1=Cc1ccc(-c2ccc(Cl)c([N+](=O)[O-])c2)o1. The van der Waals surface area contributed by atoms with E-state index < -0.39 is 16.7 Å². The van der Waals surface area contributed by atoms with Crippen molar-refractivity contribution in [1.82, 2.24) is 10.6 Å². The van der Waals surface area contributed by atoms with Gasteiger partial charge in [-0.05, 0) is 42.6 Å². The fourth-order valence-corrected chi connectivity index (χ4v) is 2.51. The molecular weight excluding hydrogens is 370 g/mol. The van der Waals surface area contributed by atoms with Crippen LogP contribution in [0.1, 0.15) is 5.76 Å². The molecule has 1 aliphatic heterocycles. The van der Waals surface area contributed by atoms with E-state index in [1.165, 1.54) is 24.3 Å². The number of nitrogens with one attached hydrogen (secondary N) is 2. The number of carbonyl (C=O) groups excluding carboxylic acids is 2. The number of halogens is 1. The molecule has 0 radical (unpaired) electrons. The van der Waals surface area contributed by atoms with Crippen LogP contribution in [0, 0.1) is 10.1 Å². The zero-order valence-electron chi connectivity index (χ0n) is 12.2. The summed E-state index contributed by atoms with van der Waals surface area (Å²) in [5.74, 6) is -0.748. The second-order valence-electron chi connectivity index (χ2n) is 4.92. The van der Waals surface area contributed by atoms with E-state index in [9.17, 15) is 19.7 Å². The first-order valence-electron chi connectivity index (χ1n) is 6.77. The summed E-state index contributed by atoms with van der Waals surface area (Å²) in [4.78, 5) is 33.9. The van der Waals surface area contributed by atoms with E-state index in [1.807, 2.05) is 0 Å². The molecule has 1 aromatic heterocycles. The van der Waals surface area contributed by atoms with E-state index in [1.54, 1.807) is 12.1 Å². The standard InChI is InChI=1S/C15H8ClN3O5S/c16-10-3-1-7(5-11(10)19(22)23)12-4-2-8(24-12)6-9-13(20)17-15(25)18-14(9)21/h1-6H,(H2,17,18,20,21,25). The number of carbonyl (C=O) groups is 2. The second kappa shape index (κ2) is 6.46. The lowest BCUT2D eigenvalue weighted by Crippen LogP contribution is -2.51. The molecule has 3 rings (SSSR count). The quantitative estimate of drug-likeness (QED) is 0.279. The van der Waals surface area contributed by atoms with Gasteiger partial charge in [0.15, 0.2) is 5.11 Å². The molecule has 1 fully saturated rings. The molecule has 1 aliphatic rings. The molecule has 1 saturated heterocycles. The third-order valence-corrected chi connectivity index (χ3v) is 3.81. The Hall–Kier alpha value is -3.04. The number of benzene rings is 1. The van der Waals surface area contributed by atoms with Crippen molar-refractivity contribution in [2.45, 2.75) is 0 Å². The minimum Gasteiger partial charge on any atom is -0.457 e. The lowest BCUT2D eigenvalue weighted by molar-refractivity contribution is -0.384. The Morgan fingerprint density at radius 1 is 1.16 bits per heavy atom. The highest BCUT2D eigenvalue weighted by molar-refractivity contribution is 7.80. The Morgan fingerprint density at radius 3 is 2.48 bits per heavy atom. The normalized spacial score (nSPS) is 14.1. The summed E-state index contributed by atoms with van der Waals surface area (Å²) in [5, 5.41) is 15.5. The molecular formula is C15H8ClN3O5S. The van der Waals surface area contributed by atoms with E-state index >= 15 is 0 Å². The summed E-state index contributed by atoms with van der Waals surface area (Å²) in [6, 6.07) is 7.30. The molecule has 8 nitrogen and oxygen atoms in total. The van der Waals surface area contributed by atoms with Gasteiger partial charge in [0.25, 0.3) is 17.5 Å². The van der Waals surface area contributed by atoms with Crippen molar-refractivity contribution in [1.29, 1.82) is 0 Å². The van der Waals surface area contributed by atoms with Gasteiger partial charge in [-0.2, -0.15) is 0 Å². The molecule has 2 aromatic rings. The highest BCUT2D eigenvalue weighted by Gasteiger charge is 2.26. The molecule has 0 aliphatic carbocycles. The lowest BCUT2D eigenvalue weighted by Gasteiger charge is -2.15. The number of amides is 2. The van der Waals surface area contributed by atoms with Gasteiger partial charge in [-0.3, -0.25) is 30.3 Å². The fraction of sp³-hybridized carbons (Fsp3) is 0. The van der Waals surface area contributed by atoms with Gasteiger partial charge in [0.2, 0.25) is 0 Å². The number of nitrogens with zero attached hydrogens (tertiary/aromatic N) is 1. The van der Waals surface area contributed by atoms with Crippen molar-refractivity contribution < 1.29 is 18.9 Å². The maximum absolute atomic E-state index is 11.8. The summed E-state index contributed by atoms with van der Waals surface area (Å²) >= 11 is 10.5. The molecule has 10 heteroatoms. The molecule has 25 heavy (non-hydrogen) atoms. The van der Waals surface area contributed by atoms with Gasteiger partial charge in [-0.1, -0.05) is 11.6 Å². The van der Waals surface area contributed by atoms with E-state index in [0.717, 1.165) is 0 Å². The van der Waals surface area contributed by atoms with Gasteiger partial charge in [-0.15, -0.1) is 0 Å². The van der Waals surface area contributed by atoms with Crippen LogP contribution in [-0.4, -0.2) is 21.9 Å². The molecule has 126 valence electrons. The molecule has 0 unspecified atom stereocenters. The maximum atomic E-state index is 11.8. The summed E-state index contributed by atoms with van der Waals surface area (Å²) in [6.07, 6.45) is 1.25. The Kier molecular flexibility index (Phi) is 4.34. The average molecular weight is 378 g/mol. The number of rotatable bonds is 3. The monoisotopic (exact) mass is 377 g/mol. The minimum absolute atomic E-state index is 0.00849. The van der Waals surface area contributed by atoms with Crippen molar-refractivity contribution in [2.24, 2.45) is 0 Å². The van der Waals surface area contributed by atoms with Crippen LogP contribution in [0.5, 0.6) is 0 Å². The molecule has 2 heterocycles. The molecule has 0 saturated carbocycles. The smallest absolute Gasteiger partial charge is 0.288 e. The minimum atomic E-state index is -0.645. The maximum Gasteiger partial charge on any atom is 0.288 e. The zero-order chi connectivity index (χ0) is 18.1. The number of thiocarbonyl (C=S) groups is 1. The van der Waals surface area contributed by atoms with Crippen molar-refractivity contribution in [3.8, 4) is 11.3 Å². The van der Waals surface area contributed by atoms with E-state index in [4.69, 9.17) is 28.2 Å². The summed E-state index contributed by atoms with van der Waals surface area (Å²) in [7, 11) is 0. The topological polar surface area (TPSA) is 114 Å². The lowest BCUT2D eigenvalue weighted by atomic mass is 10.1. The second-order valence-corrected chi connectivity index (χ2v) is 5.74. The molecule has 2 N–H and O–H groups in total. The summed E-state index contributed by atoms with van der Waals surface area (Å²) in [6.45, 7) is 0. The van der Waals surface area contributed by atoms with Crippen LogP contribution in [0.3, 0.4) is 0 Å². The Labute approximate surface area is 150 Å². The van der Waals surface area contributed by atoms with E-state index in [0.29, 0.717) is 11.3 Å². The van der Waals surface area contributed by atoms with Crippen LogP contribution < -0.4 is 10.6 Å². The van der Waals surface area contributed by atoms with Gasteiger partial charge < -0.3 is 4.42 Å². The van der Waals surface area contributed by atoms with Crippen molar-refractivity contribution in [3.05, 3.63) is 56.8 Å². The Balaban J connectivity index is 1.93. The third-order valence-electron chi connectivity index (χ3n) is 3.28. The van der Waals surface area contributed by atoms with Crippen LogP contribution in [0.25, 0.3) is 17.4 Å². The van der Waals surface area contributed by atoms with Gasteiger partial charge in [0.05, 0.1) is 4.92 Å². The van der Waals surface area contributed by atoms with Crippen LogP contribution in [0.15, 0.2) is 40.3 Å².